The van der Waals surface area contributed by atoms with Gasteiger partial charge in [-0.2, -0.15) is 0 Å². The molecule has 2 N–H and O–H groups in total. The summed E-state index contributed by atoms with van der Waals surface area (Å²) < 4.78 is 5.53. The number of hydrogen-bond acceptors (Lipinski definition) is 4. The van der Waals surface area contributed by atoms with E-state index >= 15 is 0 Å². The average Bonchev–Trinajstić information content (AvgIpc) is 2.49. The number of ketones is 1. The van der Waals surface area contributed by atoms with Crippen molar-refractivity contribution in [2.24, 2.45) is 5.73 Å². The number of carbonyl (C=O) groups excluding carboxylic acids is 2. The minimum atomic E-state index is -0.641. The van der Waals surface area contributed by atoms with E-state index in [4.69, 9.17) is 10.5 Å². The van der Waals surface area contributed by atoms with E-state index in [1.54, 1.807) is 14.0 Å². The van der Waals surface area contributed by atoms with E-state index in [-0.39, 0.29) is 18.3 Å². The maximum atomic E-state index is 12.0. The van der Waals surface area contributed by atoms with Crippen LogP contribution >= 0.6 is 0 Å². The lowest BCUT2D eigenvalue weighted by atomic mass is 10.1. The molecule has 1 aromatic carbocycles. The second-order valence-corrected chi connectivity index (χ2v) is 4.82. The van der Waals surface area contributed by atoms with Gasteiger partial charge in [0.1, 0.15) is 24.2 Å². The van der Waals surface area contributed by atoms with Gasteiger partial charge in [-0.3, -0.25) is 4.79 Å². The molecule has 1 heterocycles. The highest BCUT2D eigenvalue weighted by Crippen LogP contribution is 2.31. The zero-order chi connectivity index (χ0) is 14.0. The second-order valence-electron chi connectivity index (χ2n) is 4.82. The molecule has 0 aromatic heterocycles. The van der Waals surface area contributed by atoms with Crippen LogP contribution in [0.5, 0.6) is 5.75 Å². The Labute approximate surface area is 112 Å². The topological polar surface area (TPSA) is 72.6 Å². The van der Waals surface area contributed by atoms with Gasteiger partial charge in [-0.1, -0.05) is 6.07 Å². The maximum absolute atomic E-state index is 12.0. The number of fused-ring (bicyclic) bond motifs is 1. The molecule has 0 radical (unpaired) electrons. The number of rotatable bonds is 3. The summed E-state index contributed by atoms with van der Waals surface area (Å²) in [4.78, 5) is 24.5. The molecule has 0 spiro atoms. The molecule has 1 amide bonds. The highest BCUT2D eigenvalue weighted by molar-refractivity contribution is 5.98. The van der Waals surface area contributed by atoms with Crippen LogP contribution in [0.15, 0.2) is 18.2 Å². The van der Waals surface area contributed by atoms with Crippen LogP contribution in [0.4, 0.5) is 5.69 Å². The fourth-order valence-electron chi connectivity index (χ4n) is 2.04. The van der Waals surface area contributed by atoms with Gasteiger partial charge >= 0.3 is 0 Å². The summed E-state index contributed by atoms with van der Waals surface area (Å²) in [6, 6.07) is 4.98. The van der Waals surface area contributed by atoms with E-state index < -0.39 is 6.04 Å². The number of amides is 1. The van der Waals surface area contributed by atoms with Crippen LogP contribution in [-0.2, 0) is 16.0 Å². The first kappa shape index (κ1) is 13.5. The van der Waals surface area contributed by atoms with Crippen molar-refractivity contribution in [2.45, 2.75) is 25.8 Å². The third kappa shape index (κ3) is 2.93. The predicted molar refractivity (Wildman–Crippen MR) is 72.3 cm³/mol. The molecule has 102 valence electrons. The minimum absolute atomic E-state index is 0.151. The number of likely N-dealkylation sites (N-methyl/N-ethyl adjacent to an activating group) is 1. The van der Waals surface area contributed by atoms with E-state index in [0.717, 1.165) is 5.56 Å². The average molecular weight is 262 g/mol. The number of nitrogens with zero attached hydrogens (tertiary/aromatic N) is 1. The van der Waals surface area contributed by atoms with Gasteiger partial charge in [0.15, 0.2) is 0 Å². The Kier molecular flexibility index (Phi) is 3.85. The summed E-state index contributed by atoms with van der Waals surface area (Å²) in [5.74, 6) is 0.635. The molecule has 0 saturated heterocycles. The van der Waals surface area contributed by atoms with Crippen molar-refractivity contribution < 1.29 is 14.3 Å². The first-order valence-corrected chi connectivity index (χ1v) is 6.27. The Morgan fingerprint density at radius 3 is 2.95 bits per heavy atom. The first-order chi connectivity index (χ1) is 8.99. The van der Waals surface area contributed by atoms with Gasteiger partial charge in [-0.05, 0) is 31.0 Å². The normalized spacial score (nSPS) is 18.6. The second kappa shape index (κ2) is 5.40. The van der Waals surface area contributed by atoms with Crippen molar-refractivity contribution in [2.75, 3.05) is 18.6 Å². The van der Waals surface area contributed by atoms with Crippen molar-refractivity contribution in [3.8, 4) is 5.75 Å². The maximum Gasteiger partial charge on any atom is 0.247 e. The molecule has 0 bridgehead atoms. The smallest absolute Gasteiger partial charge is 0.247 e. The summed E-state index contributed by atoms with van der Waals surface area (Å²) >= 11 is 0. The van der Waals surface area contributed by atoms with Crippen LogP contribution in [0, 0.1) is 0 Å². The Morgan fingerprint density at radius 2 is 2.26 bits per heavy atom. The van der Waals surface area contributed by atoms with Gasteiger partial charge in [0.05, 0.1) is 5.69 Å². The number of benzene rings is 1. The molecule has 1 aromatic rings. The van der Waals surface area contributed by atoms with Crippen molar-refractivity contribution in [3.05, 3.63) is 23.8 Å². The van der Waals surface area contributed by atoms with E-state index in [9.17, 15) is 9.59 Å². The fraction of sp³-hybridized carbons (Fsp3) is 0.429. The molecule has 5 nitrogen and oxygen atoms in total. The van der Waals surface area contributed by atoms with Crippen LogP contribution in [-0.4, -0.2) is 31.4 Å². The third-order valence-corrected chi connectivity index (χ3v) is 3.22. The summed E-state index contributed by atoms with van der Waals surface area (Å²) in [5.41, 5.74) is 7.44. The van der Waals surface area contributed by atoms with Crippen LogP contribution < -0.4 is 15.4 Å². The monoisotopic (exact) mass is 262 g/mol. The largest absolute Gasteiger partial charge is 0.489 e. The Bertz CT molecular complexity index is 513. The van der Waals surface area contributed by atoms with Gasteiger partial charge in [-0.15, -0.1) is 0 Å². The molecule has 1 aliphatic rings. The SMILES string of the molecule is CC(=O)CCc1ccc2c(c1)N(C)C(=O)C(N)CO2. The van der Waals surface area contributed by atoms with Crippen molar-refractivity contribution in [1.29, 1.82) is 0 Å². The predicted octanol–water partition coefficient (Wildman–Crippen LogP) is 0.891. The lowest BCUT2D eigenvalue weighted by Crippen LogP contribution is -2.43. The van der Waals surface area contributed by atoms with Crippen LogP contribution in [0.1, 0.15) is 18.9 Å². The van der Waals surface area contributed by atoms with Gasteiger partial charge in [0.2, 0.25) is 5.91 Å². The highest BCUT2D eigenvalue weighted by Gasteiger charge is 2.26. The highest BCUT2D eigenvalue weighted by atomic mass is 16.5. The molecule has 0 aliphatic carbocycles. The van der Waals surface area contributed by atoms with Gasteiger partial charge in [0, 0.05) is 13.5 Å². The number of Topliss-reactive ketones (excluding diaryl/α,β-unsaturated/α-hetero) is 1. The number of carbonyl (C=O) groups is 2. The van der Waals surface area contributed by atoms with Crippen molar-refractivity contribution in [1.82, 2.24) is 0 Å². The molecular weight excluding hydrogens is 244 g/mol. The molecular formula is C14H18N2O3. The lowest BCUT2D eigenvalue weighted by molar-refractivity contribution is -0.120. The number of hydrogen-bond donors (Lipinski definition) is 1. The number of aryl methyl sites for hydroxylation is 1. The Balaban J connectivity index is 2.28. The number of ether oxygens (including phenoxy) is 1. The van der Waals surface area contributed by atoms with Crippen molar-refractivity contribution >= 4 is 17.4 Å². The Morgan fingerprint density at radius 1 is 1.53 bits per heavy atom. The van der Waals surface area contributed by atoms with E-state index in [0.29, 0.717) is 24.3 Å². The van der Waals surface area contributed by atoms with E-state index in [1.165, 1.54) is 4.90 Å². The van der Waals surface area contributed by atoms with Crippen LogP contribution in [0.3, 0.4) is 0 Å². The zero-order valence-corrected chi connectivity index (χ0v) is 11.2. The third-order valence-electron chi connectivity index (χ3n) is 3.22. The van der Waals surface area contributed by atoms with Gasteiger partial charge in [-0.25, -0.2) is 0 Å². The van der Waals surface area contributed by atoms with E-state index in [2.05, 4.69) is 0 Å². The molecule has 0 saturated carbocycles. The number of nitrogens with two attached hydrogens (primary N) is 1. The lowest BCUT2D eigenvalue weighted by Gasteiger charge is -2.18. The standard InChI is InChI=1S/C14H18N2O3/c1-9(17)3-4-10-5-6-13-12(7-10)16(2)14(18)11(15)8-19-13/h5-7,11H,3-4,8,15H2,1-2H3. The first-order valence-electron chi connectivity index (χ1n) is 6.27. The van der Waals surface area contributed by atoms with Crippen LogP contribution in [0.2, 0.25) is 0 Å². The molecule has 0 fully saturated rings. The Hall–Kier alpha value is -1.88. The molecule has 5 heteroatoms. The summed E-state index contributed by atoms with van der Waals surface area (Å²) in [5, 5.41) is 0. The number of anilines is 1. The van der Waals surface area contributed by atoms with Gasteiger partial charge < -0.3 is 20.2 Å². The summed E-state index contributed by atoms with van der Waals surface area (Å²) in [6.07, 6.45) is 1.16. The van der Waals surface area contributed by atoms with Crippen molar-refractivity contribution in [3.63, 3.8) is 0 Å². The van der Waals surface area contributed by atoms with Crippen LogP contribution in [0.25, 0.3) is 0 Å². The molecule has 1 atom stereocenters. The fourth-order valence-corrected chi connectivity index (χ4v) is 2.04. The summed E-state index contributed by atoms with van der Waals surface area (Å²) in [7, 11) is 1.68. The molecule has 1 unspecified atom stereocenters. The molecule has 1 aliphatic heterocycles. The van der Waals surface area contributed by atoms with E-state index in [1.807, 2.05) is 18.2 Å². The minimum Gasteiger partial charge on any atom is -0.489 e. The quantitative estimate of drug-likeness (QED) is 0.878. The zero-order valence-electron chi connectivity index (χ0n) is 11.2. The summed E-state index contributed by atoms with van der Waals surface area (Å²) in [6.45, 7) is 1.75. The molecule has 19 heavy (non-hydrogen) atoms. The van der Waals surface area contributed by atoms with Gasteiger partial charge in [0.25, 0.3) is 0 Å². The molecule has 2 rings (SSSR count).